The van der Waals surface area contributed by atoms with E-state index in [2.05, 4.69) is 14.7 Å². The summed E-state index contributed by atoms with van der Waals surface area (Å²) in [6.07, 6.45) is -0.253. The van der Waals surface area contributed by atoms with E-state index in [0.717, 1.165) is 11.5 Å². The van der Waals surface area contributed by atoms with Crippen LogP contribution >= 0.6 is 11.5 Å². The molecule has 0 saturated heterocycles. The SMILES string of the molecule is COC[C@H](C)Oc1cc(Oc2ccc(C(=O)O)cc2)cc(C(=O)Nc2nc(C)ns2)c1. The minimum Gasteiger partial charge on any atom is -0.488 e. The second kappa shape index (κ2) is 10.0. The molecule has 9 nitrogen and oxygen atoms in total. The van der Waals surface area contributed by atoms with Gasteiger partial charge in [0.1, 0.15) is 29.2 Å². The number of ether oxygens (including phenoxy) is 3. The Kier molecular flexibility index (Phi) is 7.16. The molecule has 1 amide bonds. The molecule has 1 heterocycles. The van der Waals surface area contributed by atoms with Gasteiger partial charge in [-0.05, 0) is 50.2 Å². The Bertz CT molecular complexity index is 1070. The van der Waals surface area contributed by atoms with Crippen LogP contribution in [0.3, 0.4) is 0 Å². The highest BCUT2D eigenvalue weighted by Crippen LogP contribution is 2.29. The number of aryl methyl sites for hydroxylation is 1. The molecule has 1 aromatic heterocycles. The molecule has 0 saturated carbocycles. The molecule has 0 aliphatic carbocycles. The number of methoxy groups -OCH3 is 1. The van der Waals surface area contributed by atoms with Gasteiger partial charge in [-0.1, -0.05) is 0 Å². The van der Waals surface area contributed by atoms with Crippen molar-refractivity contribution in [3.63, 3.8) is 0 Å². The minimum atomic E-state index is -1.03. The summed E-state index contributed by atoms with van der Waals surface area (Å²) in [5.41, 5.74) is 0.442. The van der Waals surface area contributed by atoms with E-state index in [-0.39, 0.29) is 11.7 Å². The Morgan fingerprint density at radius 2 is 1.81 bits per heavy atom. The van der Waals surface area contributed by atoms with Crippen molar-refractivity contribution in [1.82, 2.24) is 9.36 Å². The summed E-state index contributed by atoms with van der Waals surface area (Å²) in [6.45, 7) is 3.94. The topological polar surface area (TPSA) is 120 Å². The number of carboxylic acids is 1. The van der Waals surface area contributed by atoms with Crippen molar-refractivity contribution < 1.29 is 28.9 Å². The van der Waals surface area contributed by atoms with E-state index in [1.165, 1.54) is 24.3 Å². The third kappa shape index (κ3) is 6.24. The van der Waals surface area contributed by atoms with Crippen LogP contribution in [-0.2, 0) is 4.74 Å². The van der Waals surface area contributed by atoms with Crippen LogP contribution in [0, 0.1) is 6.92 Å². The zero-order chi connectivity index (χ0) is 22.4. The number of aromatic nitrogens is 2. The van der Waals surface area contributed by atoms with Crippen molar-refractivity contribution in [2.75, 3.05) is 19.0 Å². The first-order valence-electron chi connectivity index (χ1n) is 9.27. The fourth-order valence-electron chi connectivity index (χ4n) is 2.65. The number of carbonyl (C=O) groups is 2. The van der Waals surface area contributed by atoms with Gasteiger partial charge in [0.2, 0.25) is 5.13 Å². The number of hydrogen-bond donors (Lipinski definition) is 2. The molecule has 3 rings (SSSR count). The Labute approximate surface area is 182 Å². The van der Waals surface area contributed by atoms with Crippen molar-refractivity contribution in [3.8, 4) is 17.2 Å². The lowest BCUT2D eigenvalue weighted by Gasteiger charge is -2.16. The Hall–Kier alpha value is -3.50. The molecule has 0 unspecified atom stereocenters. The zero-order valence-electron chi connectivity index (χ0n) is 17.1. The van der Waals surface area contributed by atoms with Crippen molar-refractivity contribution in [3.05, 3.63) is 59.4 Å². The van der Waals surface area contributed by atoms with Crippen LogP contribution < -0.4 is 14.8 Å². The molecule has 10 heteroatoms. The first-order valence-corrected chi connectivity index (χ1v) is 10.0. The van der Waals surface area contributed by atoms with E-state index in [1.54, 1.807) is 32.2 Å². The predicted octanol–water partition coefficient (Wildman–Crippen LogP) is 4.00. The van der Waals surface area contributed by atoms with Crippen LogP contribution in [0.15, 0.2) is 42.5 Å². The maximum absolute atomic E-state index is 12.7. The van der Waals surface area contributed by atoms with Gasteiger partial charge in [-0.3, -0.25) is 10.1 Å². The number of nitrogens with one attached hydrogen (secondary N) is 1. The summed E-state index contributed by atoms with van der Waals surface area (Å²) in [6, 6.07) is 10.7. The summed E-state index contributed by atoms with van der Waals surface area (Å²) in [5, 5.41) is 12.1. The second-order valence-corrected chi connectivity index (χ2v) is 7.36. The van der Waals surface area contributed by atoms with E-state index in [1.807, 2.05) is 6.92 Å². The fourth-order valence-corrected chi connectivity index (χ4v) is 3.22. The van der Waals surface area contributed by atoms with Crippen molar-refractivity contribution in [2.45, 2.75) is 20.0 Å². The first-order chi connectivity index (χ1) is 14.8. The second-order valence-electron chi connectivity index (χ2n) is 6.61. The van der Waals surface area contributed by atoms with Gasteiger partial charge in [0.15, 0.2) is 0 Å². The largest absolute Gasteiger partial charge is 0.488 e. The third-order valence-corrected chi connectivity index (χ3v) is 4.69. The Balaban J connectivity index is 1.86. The van der Waals surface area contributed by atoms with Crippen LogP contribution in [-0.4, -0.2) is 46.2 Å². The highest BCUT2D eigenvalue weighted by atomic mass is 32.1. The molecule has 162 valence electrons. The minimum absolute atomic E-state index is 0.144. The summed E-state index contributed by atoms with van der Waals surface area (Å²) in [7, 11) is 1.57. The van der Waals surface area contributed by atoms with Gasteiger partial charge in [-0.2, -0.15) is 4.37 Å². The number of carbonyl (C=O) groups excluding carboxylic acids is 1. The lowest BCUT2D eigenvalue weighted by molar-refractivity contribution is 0.0696. The average molecular weight is 443 g/mol. The van der Waals surface area contributed by atoms with Gasteiger partial charge in [0, 0.05) is 30.3 Å². The number of amides is 1. The predicted molar refractivity (Wildman–Crippen MR) is 114 cm³/mol. The van der Waals surface area contributed by atoms with Gasteiger partial charge in [-0.15, -0.1) is 0 Å². The highest BCUT2D eigenvalue weighted by Gasteiger charge is 2.15. The summed E-state index contributed by atoms with van der Waals surface area (Å²) >= 11 is 1.08. The molecule has 0 aliphatic rings. The highest BCUT2D eigenvalue weighted by molar-refractivity contribution is 7.09. The van der Waals surface area contributed by atoms with Gasteiger partial charge < -0.3 is 19.3 Å². The number of benzene rings is 2. The molecular weight excluding hydrogens is 422 g/mol. The van der Waals surface area contributed by atoms with Crippen molar-refractivity contribution in [1.29, 1.82) is 0 Å². The number of rotatable bonds is 9. The molecule has 0 bridgehead atoms. The number of nitrogens with zero attached hydrogens (tertiary/aromatic N) is 2. The molecule has 0 aliphatic heterocycles. The number of aromatic carboxylic acids is 1. The van der Waals surface area contributed by atoms with E-state index in [0.29, 0.717) is 40.4 Å². The number of hydrogen-bond acceptors (Lipinski definition) is 8. The van der Waals surface area contributed by atoms with Gasteiger partial charge >= 0.3 is 5.97 Å². The van der Waals surface area contributed by atoms with Gasteiger partial charge in [-0.25, -0.2) is 9.78 Å². The van der Waals surface area contributed by atoms with E-state index in [9.17, 15) is 9.59 Å². The normalized spacial score (nSPS) is 11.6. The molecular formula is C21H21N3O6S. The Morgan fingerprint density at radius 3 is 2.42 bits per heavy atom. The van der Waals surface area contributed by atoms with Gasteiger partial charge in [0.05, 0.1) is 12.2 Å². The maximum atomic E-state index is 12.7. The maximum Gasteiger partial charge on any atom is 0.335 e. The first kappa shape index (κ1) is 22.2. The van der Waals surface area contributed by atoms with E-state index >= 15 is 0 Å². The molecule has 0 spiro atoms. The monoisotopic (exact) mass is 443 g/mol. The zero-order valence-corrected chi connectivity index (χ0v) is 17.9. The fraction of sp³-hybridized carbons (Fsp3) is 0.238. The summed E-state index contributed by atoms with van der Waals surface area (Å²) < 4.78 is 20.8. The lowest BCUT2D eigenvalue weighted by atomic mass is 10.2. The molecule has 1 atom stereocenters. The van der Waals surface area contributed by atoms with Crippen LogP contribution in [0.2, 0.25) is 0 Å². The summed E-state index contributed by atoms with van der Waals surface area (Å²) in [4.78, 5) is 27.9. The van der Waals surface area contributed by atoms with Crippen molar-refractivity contribution in [2.24, 2.45) is 0 Å². The van der Waals surface area contributed by atoms with Crippen LogP contribution in [0.1, 0.15) is 33.5 Å². The Morgan fingerprint density at radius 1 is 1.10 bits per heavy atom. The lowest BCUT2D eigenvalue weighted by Crippen LogP contribution is -2.18. The molecule has 3 aromatic rings. The smallest absolute Gasteiger partial charge is 0.335 e. The van der Waals surface area contributed by atoms with Crippen molar-refractivity contribution >= 4 is 28.5 Å². The molecule has 0 fully saturated rings. The third-order valence-electron chi connectivity index (χ3n) is 3.97. The molecule has 2 aromatic carbocycles. The average Bonchev–Trinajstić information content (AvgIpc) is 3.13. The quantitative estimate of drug-likeness (QED) is 0.509. The molecule has 2 N–H and O–H groups in total. The standard InChI is InChI=1S/C21H21N3O6S/c1-12(11-28-3)29-17-8-15(19(25)23-21-22-13(2)24-31-21)9-18(10-17)30-16-6-4-14(5-7-16)20(26)27/h4-10,12H,11H2,1-3H3,(H,26,27)(H,22,23,24,25)/t12-/m0/s1. The molecule has 31 heavy (non-hydrogen) atoms. The summed E-state index contributed by atoms with van der Waals surface area (Å²) in [5.74, 6) is 0.330. The van der Waals surface area contributed by atoms with Crippen LogP contribution in [0.25, 0.3) is 0 Å². The number of carboxylic acid groups (broad SMARTS) is 1. The van der Waals surface area contributed by atoms with Gasteiger partial charge in [0.25, 0.3) is 5.91 Å². The van der Waals surface area contributed by atoms with E-state index < -0.39 is 11.9 Å². The van der Waals surface area contributed by atoms with Crippen LogP contribution in [0.5, 0.6) is 17.2 Å². The van der Waals surface area contributed by atoms with E-state index in [4.69, 9.17) is 19.3 Å². The molecule has 0 radical (unpaired) electrons. The number of anilines is 1. The van der Waals surface area contributed by atoms with Crippen LogP contribution in [0.4, 0.5) is 5.13 Å².